The Balaban J connectivity index is 1.68. The van der Waals surface area contributed by atoms with Gasteiger partial charge in [-0.25, -0.2) is 4.98 Å². The van der Waals surface area contributed by atoms with Gasteiger partial charge in [-0.15, -0.1) is 0 Å². The van der Waals surface area contributed by atoms with E-state index in [9.17, 15) is 0 Å². The molecule has 0 amide bonds. The number of ether oxygens (including phenoxy) is 2. The molecule has 0 unspecified atom stereocenters. The Bertz CT molecular complexity index is 777. The highest BCUT2D eigenvalue weighted by Crippen LogP contribution is 2.36. The number of rotatable bonds is 4. The molecule has 4 heteroatoms. The van der Waals surface area contributed by atoms with Crippen LogP contribution in [-0.4, -0.2) is 22.8 Å². The Labute approximate surface area is 135 Å². The van der Waals surface area contributed by atoms with Gasteiger partial charge in [0.25, 0.3) is 0 Å². The number of fused-ring (bicyclic) bond motifs is 1. The van der Waals surface area contributed by atoms with E-state index in [1.54, 1.807) is 6.20 Å². The molecule has 4 nitrogen and oxygen atoms in total. The summed E-state index contributed by atoms with van der Waals surface area (Å²) in [6, 6.07) is 14.8. The highest BCUT2D eigenvalue weighted by atomic mass is 16.7. The van der Waals surface area contributed by atoms with Crippen molar-refractivity contribution >= 4 is 10.8 Å². The Morgan fingerprint density at radius 1 is 1.04 bits per heavy atom. The lowest BCUT2D eigenvalue weighted by atomic mass is 9.97. The molecule has 1 aliphatic heterocycles. The molecule has 1 aliphatic rings. The lowest BCUT2D eigenvalue weighted by Gasteiger charge is -2.38. The number of aryl methyl sites for hydroxylation is 1. The molecule has 118 valence electrons. The van der Waals surface area contributed by atoms with Crippen LogP contribution in [-0.2, 0) is 21.8 Å². The summed E-state index contributed by atoms with van der Waals surface area (Å²) in [5.41, 5.74) is 1.09. The predicted molar refractivity (Wildman–Crippen MR) is 89.0 cm³/mol. The van der Waals surface area contributed by atoms with Crippen LogP contribution < -0.4 is 0 Å². The molecule has 0 N–H and O–H groups in total. The molecule has 3 aromatic rings. The van der Waals surface area contributed by atoms with E-state index in [1.165, 1.54) is 10.8 Å². The first-order valence-corrected chi connectivity index (χ1v) is 8.09. The Morgan fingerprint density at radius 3 is 2.65 bits per heavy atom. The third kappa shape index (κ3) is 2.87. The molecule has 2 aromatic carbocycles. The quantitative estimate of drug-likeness (QED) is 0.737. The predicted octanol–water partition coefficient (Wildman–Crippen LogP) is 3.72. The standard InChI is InChI=1S/C19H20N2O2/c1-2-5-17-14-18(7-6-16(17)4-1)19(22-12-3-13-23-19)8-10-21-11-9-20-15-21/h1-2,4-7,9,11,14-15H,3,8,10,12-13H2. The second kappa shape index (κ2) is 6.14. The second-order valence-corrected chi connectivity index (χ2v) is 5.92. The van der Waals surface area contributed by atoms with Crippen LogP contribution in [0.4, 0.5) is 0 Å². The molecule has 1 saturated heterocycles. The molecule has 1 fully saturated rings. The molecular weight excluding hydrogens is 288 g/mol. The first kappa shape index (κ1) is 14.4. The van der Waals surface area contributed by atoms with E-state index in [2.05, 4.69) is 52.0 Å². The normalized spacial score (nSPS) is 17.4. The number of hydrogen-bond donors (Lipinski definition) is 0. The van der Waals surface area contributed by atoms with Crippen molar-refractivity contribution in [2.75, 3.05) is 13.2 Å². The van der Waals surface area contributed by atoms with Gasteiger partial charge in [0.15, 0.2) is 5.79 Å². The molecule has 2 heterocycles. The van der Waals surface area contributed by atoms with E-state index in [4.69, 9.17) is 9.47 Å². The Morgan fingerprint density at radius 2 is 1.87 bits per heavy atom. The van der Waals surface area contributed by atoms with Gasteiger partial charge in [-0.1, -0.05) is 36.4 Å². The zero-order chi connectivity index (χ0) is 15.5. The fourth-order valence-electron chi connectivity index (χ4n) is 3.15. The molecule has 0 bridgehead atoms. The minimum absolute atomic E-state index is 0.660. The monoisotopic (exact) mass is 308 g/mol. The van der Waals surface area contributed by atoms with Gasteiger partial charge in [0, 0.05) is 30.9 Å². The van der Waals surface area contributed by atoms with Gasteiger partial charge < -0.3 is 14.0 Å². The van der Waals surface area contributed by atoms with Crippen molar-refractivity contribution in [3.8, 4) is 0 Å². The molecule has 0 aliphatic carbocycles. The van der Waals surface area contributed by atoms with Gasteiger partial charge in [-0.05, 0) is 23.3 Å². The molecule has 0 radical (unpaired) electrons. The van der Waals surface area contributed by atoms with Crippen LogP contribution >= 0.6 is 0 Å². The molecule has 23 heavy (non-hydrogen) atoms. The van der Waals surface area contributed by atoms with Crippen LogP contribution in [0.3, 0.4) is 0 Å². The maximum atomic E-state index is 6.14. The molecule has 0 atom stereocenters. The minimum atomic E-state index is -0.660. The van der Waals surface area contributed by atoms with Crippen LogP contribution in [0.1, 0.15) is 18.4 Å². The van der Waals surface area contributed by atoms with Gasteiger partial charge >= 0.3 is 0 Å². The number of nitrogens with zero attached hydrogens (tertiary/aromatic N) is 2. The van der Waals surface area contributed by atoms with E-state index in [-0.39, 0.29) is 0 Å². The van der Waals surface area contributed by atoms with Crippen LogP contribution in [0.5, 0.6) is 0 Å². The van der Waals surface area contributed by atoms with Gasteiger partial charge in [0.2, 0.25) is 0 Å². The fraction of sp³-hybridized carbons (Fsp3) is 0.316. The number of aromatic nitrogens is 2. The molecule has 4 rings (SSSR count). The van der Waals surface area contributed by atoms with E-state index in [1.807, 2.05) is 12.5 Å². The zero-order valence-corrected chi connectivity index (χ0v) is 13.0. The molecule has 1 aromatic heterocycles. The van der Waals surface area contributed by atoms with Crippen molar-refractivity contribution in [3.05, 3.63) is 66.7 Å². The summed E-state index contributed by atoms with van der Waals surface area (Å²) >= 11 is 0. The van der Waals surface area contributed by atoms with E-state index in [0.29, 0.717) is 0 Å². The van der Waals surface area contributed by atoms with Gasteiger partial charge in [0.1, 0.15) is 0 Å². The maximum Gasteiger partial charge on any atom is 0.196 e. The van der Waals surface area contributed by atoms with Crippen molar-refractivity contribution in [1.82, 2.24) is 9.55 Å². The van der Waals surface area contributed by atoms with Crippen molar-refractivity contribution in [2.45, 2.75) is 25.2 Å². The largest absolute Gasteiger partial charge is 0.346 e. The minimum Gasteiger partial charge on any atom is -0.346 e. The smallest absolute Gasteiger partial charge is 0.196 e. The molecular formula is C19H20N2O2. The number of imidazole rings is 1. The average molecular weight is 308 g/mol. The molecule has 0 spiro atoms. The number of benzene rings is 2. The first-order chi connectivity index (χ1) is 11.4. The van der Waals surface area contributed by atoms with E-state index < -0.39 is 5.79 Å². The van der Waals surface area contributed by atoms with Crippen molar-refractivity contribution in [1.29, 1.82) is 0 Å². The summed E-state index contributed by atoms with van der Waals surface area (Å²) in [6.45, 7) is 2.28. The summed E-state index contributed by atoms with van der Waals surface area (Å²) in [4.78, 5) is 4.10. The SMILES string of the molecule is c1ccc2cc(C3(CCn4ccnc4)OCCCO3)ccc2c1. The highest BCUT2D eigenvalue weighted by Gasteiger charge is 2.36. The van der Waals surface area contributed by atoms with E-state index >= 15 is 0 Å². The summed E-state index contributed by atoms with van der Waals surface area (Å²) < 4.78 is 14.3. The van der Waals surface area contributed by atoms with Gasteiger partial charge in [-0.3, -0.25) is 0 Å². The number of hydrogen-bond acceptors (Lipinski definition) is 3. The first-order valence-electron chi connectivity index (χ1n) is 8.09. The van der Waals surface area contributed by atoms with Gasteiger partial charge in [-0.2, -0.15) is 0 Å². The van der Waals surface area contributed by atoms with Crippen molar-refractivity contribution < 1.29 is 9.47 Å². The topological polar surface area (TPSA) is 36.3 Å². The maximum absolute atomic E-state index is 6.14. The lowest BCUT2D eigenvalue weighted by Crippen LogP contribution is -2.39. The zero-order valence-electron chi connectivity index (χ0n) is 13.0. The third-order valence-electron chi connectivity index (χ3n) is 4.41. The summed E-state index contributed by atoms with van der Waals surface area (Å²) in [5.74, 6) is -0.660. The van der Waals surface area contributed by atoms with E-state index in [0.717, 1.165) is 38.2 Å². The van der Waals surface area contributed by atoms with Crippen molar-refractivity contribution in [2.24, 2.45) is 0 Å². The lowest BCUT2D eigenvalue weighted by molar-refractivity contribution is -0.281. The third-order valence-corrected chi connectivity index (χ3v) is 4.41. The highest BCUT2D eigenvalue weighted by molar-refractivity contribution is 5.83. The fourth-order valence-corrected chi connectivity index (χ4v) is 3.15. The Hall–Kier alpha value is -2.17. The average Bonchev–Trinajstić information content (AvgIpc) is 3.14. The Kier molecular flexibility index (Phi) is 3.85. The van der Waals surface area contributed by atoms with Crippen LogP contribution in [0.2, 0.25) is 0 Å². The molecule has 0 saturated carbocycles. The van der Waals surface area contributed by atoms with Gasteiger partial charge in [0.05, 0.1) is 19.5 Å². The summed E-state index contributed by atoms with van der Waals surface area (Å²) in [7, 11) is 0. The van der Waals surface area contributed by atoms with Crippen LogP contribution in [0.15, 0.2) is 61.2 Å². The van der Waals surface area contributed by atoms with Crippen molar-refractivity contribution in [3.63, 3.8) is 0 Å². The second-order valence-electron chi connectivity index (χ2n) is 5.92. The summed E-state index contributed by atoms with van der Waals surface area (Å²) in [5, 5.41) is 2.45. The van der Waals surface area contributed by atoms with Crippen LogP contribution in [0.25, 0.3) is 10.8 Å². The van der Waals surface area contributed by atoms with Crippen LogP contribution in [0, 0.1) is 0 Å². The summed E-state index contributed by atoms with van der Waals surface area (Å²) in [6.07, 6.45) is 7.31.